The lowest BCUT2D eigenvalue weighted by atomic mass is 9.83. The van der Waals surface area contributed by atoms with E-state index < -0.39 is 23.6 Å². The van der Waals surface area contributed by atoms with Gasteiger partial charge in [-0.25, -0.2) is 0 Å². The van der Waals surface area contributed by atoms with Gasteiger partial charge in [-0.1, -0.05) is 25.3 Å². The molecule has 2 aliphatic heterocycles. The van der Waals surface area contributed by atoms with Gasteiger partial charge >= 0.3 is 0 Å². The number of carbonyl (C=O) groups excluding carboxylic acids is 3. The number of nitrogens with one attached hydrogen (secondary N) is 1. The summed E-state index contributed by atoms with van der Waals surface area (Å²) in [7, 11) is 0. The first-order chi connectivity index (χ1) is 17.5. The fourth-order valence-electron chi connectivity index (χ4n) is 5.85. The molecular weight excluding hydrogens is 498 g/mol. The third-order valence-electron chi connectivity index (χ3n) is 7.98. The van der Waals surface area contributed by atoms with E-state index in [-0.39, 0.29) is 36.7 Å². The molecule has 2 amide bonds. The molecule has 1 N–H and O–H groups in total. The molecule has 2 saturated heterocycles. The Morgan fingerprint density at radius 2 is 1.92 bits per heavy atom. The predicted octanol–water partition coefficient (Wildman–Crippen LogP) is 4.15. The van der Waals surface area contributed by atoms with Gasteiger partial charge < -0.3 is 15.0 Å². The molecule has 0 aromatic carbocycles. The maximum atomic E-state index is 13.8. The molecule has 190 valence electrons. The second-order valence-electron chi connectivity index (χ2n) is 10.5. The Labute approximate surface area is 219 Å². The smallest absolute Gasteiger partial charge is 0.262 e. The van der Waals surface area contributed by atoms with Crippen LogP contribution in [0.3, 0.4) is 0 Å². The van der Waals surface area contributed by atoms with Crippen molar-refractivity contribution in [3.8, 4) is 10.4 Å². The number of hydrogen-bond acceptors (Lipinski definition) is 6. The van der Waals surface area contributed by atoms with Gasteiger partial charge in [0, 0.05) is 34.8 Å². The van der Waals surface area contributed by atoms with Crippen LogP contribution in [-0.2, 0) is 14.3 Å². The molecule has 4 heterocycles. The third kappa shape index (κ3) is 4.59. The van der Waals surface area contributed by atoms with Gasteiger partial charge in [0.05, 0.1) is 10.3 Å². The van der Waals surface area contributed by atoms with E-state index in [9.17, 15) is 14.4 Å². The molecule has 4 unspecified atom stereocenters. The standard InChI is InChI=1S/C27H30ClN3O4S/c28-18-13-31(24-20(32)14-35-25(18)24)27(34)23(16-4-2-1-3-5-16)30-26(33)22-11-10-21(36-22)17-8-9-19(29-12-17)15-6-7-15/h8-12,15-16,18,23-25H,1-7,13-14H2,(H,30,33). The molecule has 2 aromatic heterocycles. The lowest BCUT2D eigenvalue weighted by Gasteiger charge is -2.34. The van der Waals surface area contributed by atoms with E-state index in [1.54, 1.807) is 4.90 Å². The summed E-state index contributed by atoms with van der Waals surface area (Å²) < 4.78 is 5.56. The summed E-state index contributed by atoms with van der Waals surface area (Å²) in [5, 5.41) is 2.63. The highest BCUT2D eigenvalue weighted by atomic mass is 35.5. The minimum atomic E-state index is -0.682. The number of Topliss-reactive ketones (excluding diaryl/α,β-unsaturated/α-hetero) is 1. The first kappa shape index (κ1) is 24.1. The molecule has 4 aliphatic rings. The van der Waals surface area contributed by atoms with Crippen molar-refractivity contribution in [2.75, 3.05) is 13.2 Å². The largest absolute Gasteiger partial charge is 0.366 e. The van der Waals surface area contributed by atoms with E-state index >= 15 is 0 Å². The van der Waals surface area contributed by atoms with Crippen LogP contribution in [0.2, 0.25) is 0 Å². The Bertz CT molecular complexity index is 1160. The molecule has 9 heteroatoms. The minimum Gasteiger partial charge on any atom is -0.366 e. The van der Waals surface area contributed by atoms with E-state index in [1.165, 1.54) is 24.2 Å². The molecule has 0 radical (unpaired) electrons. The van der Waals surface area contributed by atoms with E-state index in [2.05, 4.69) is 22.4 Å². The highest BCUT2D eigenvalue weighted by Crippen LogP contribution is 2.39. The number of pyridine rings is 1. The molecule has 0 spiro atoms. The molecule has 2 saturated carbocycles. The first-order valence-electron chi connectivity index (χ1n) is 13.0. The van der Waals surface area contributed by atoms with Crippen LogP contribution in [0.5, 0.6) is 0 Å². The normalized spacial score (nSPS) is 27.2. The maximum Gasteiger partial charge on any atom is 0.262 e. The van der Waals surface area contributed by atoms with E-state index in [4.69, 9.17) is 16.3 Å². The van der Waals surface area contributed by atoms with Crippen LogP contribution in [0.4, 0.5) is 0 Å². The number of carbonyl (C=O) groups is 3. The van der Waals surface area contributed by atoms with Crippen LogP contribution < -0.4 is 5.32 Å². The van der Waals surface area contributed by atoms with Crippen molar-refractivity contribution in [2.45, 2.75) is 74.4 Å². The zero-order chi connectivity index (χ0) is 24.8. The Morgan fingerprint density at radius 3 is 2.64 bits per heavy atom. The van der Waals surface area contributed by atoms with Gasteiger partial charge in [-0.05, 0) is 49.8 Å². The van der Waals surface area contributed by atoms with Crippen LogP contribution in [0.15, 0.2) is 30.5 Å². The van der Waals surface area contributed by atoms with Gasteiger partial charge in [-0.3, -0.25) is 19.4 Å². The monoisotopic (exact) mass is 527 g/mol. The van der Waals surface area contributed by atoms with Crippen LogP contribution in [0, 0.1) is 5.92 Å². The zero-order valence-electron chi connectivity index (χ0n) is 20.0. The van der Waals surface area contributed by atoms with Crippen molar-refractivity contribution in [3.05, 3.63) is 41.0 Å². The maximum absolute atomic E-state index is 13.8. The lowest BCUT2D eigenvalue weighted by molar-refractivity contribution is -0.139. The quantitative estimate of drug-likeness (QED) is 0.570. The van der Waals surface area contributed by atoms with Crippen LogP contribution >= 0.6 is 22.9 Å². The summed E-state index contributed by atoms with van der Waals surface area (Å²) in [6.07, 6.45) is 8.78. The fraction of sp³-hybridized carbons (Fsp3) is 0.556. The van der Waals surface area contributed by atoms with Crippen LogP contribution in [-0.4, -0.2) is 64.2 Å². The van der Waals surface area contributed by atoms with E-state index in [1.807, 2.05) is 18.3 Å². The summed E-state index contributed by atoms with van der Waals surface area (Å²) in [5.41, 5.74) is 2.12. The number of ketones is 1. The number of nitrogens with zero attached hydrogens (tertiary/aromatic N) is 2. The van der Waals surface area contributed by atoms with Gasteiger partial charge in [0.1, 0.15) is 24.8 Å². The van der Waals surface area contributed by atoms with Gasteiger partial charge in [0.15, 0.2) is 5.78 Å². The Morgan fingerprint density at radius 1 is 1.11 bits per heavy atom. The van der Waals surface area contributed by atoms with Crippen molar-refractivity contribution in [3.63, 3.8) is 0 Å². The van der Waals surface area contributed by atoms with E-state index in [0.717, 1.165) is 48.2 Å². The number of thiophene rings is 1. The van der Waals surface area contributed by atoms with Crippen molar-refractivity contribution < 1.29 is 19.1 Å². The summed E-state index contributed by atoms with van der Waals surface area (Å²) >= 11 is 7.84. The van der Waals surface area contributed by atoms with Crippen LogP contribution in [0.1, 0.15) is 66.2 Å². The average Bonchev–Trinajstić information content (AvgIpc) is 3.35. The number of likely N-dealkylation sites (tertiary alicyclic amines) is 1. The molecule has 4 atom stereocenters. The molecule has 7 nitrogen and oxygen atoms in total. The molecule has 4 fully saturated rings. The second kappa shape index (κ2) is 9.88. The van der Waals surface area contributed by atoms with Crippen molar-refractivity contribution >= 4 is 40.5 Å². The number of amides is 2. The molecular formula is C27H30ClN3O4S. The number of hydrogen-bond donors (Lipinski definition) is 1. The molecule has 0 bridgehead atoms. The van der Waals surface area contributed by atoms with Gasteiger partial charge in [-0.15, -0.1) is 22.9 Å². The third-order valence-corrected chi connectivity index (χ3v) is 9.50. The number of aromatic nitrogens is 1. The molecule has 36 heavy (non-hydrogen) atoms. The van der Waals surface area contributed by atoms with Crippen molar-refractivity contribution in [1.29, 1.82) is 0 Å². The average molecular weight is 528 g/mol. The number of alkyl halides is 1. The molecule has 2 aliphatic carbocycles. The van der Waals surface area contributed by atoms with Gasteiger partial charge in [-0.2, -0.15) is 0 Å². The van der Waals surface area contributed by atoms with E-state index in [0.29, 0.717) is 10.8 Å². The Balaban J connectivity index is 1.20. The number of halogens is 1. The predicted molar refractivity (Wildman–Crippen MR) is 137 cm³/mol. The molecule has 6 rings (SSSR count). The lowest BCUT2D eigenvalue weighted by Crippen LogP contribution is -2.55. The minimum absolute atomic E-state index is 0.0166. The topological polar surface area (TPSA) is 88.6 Å². The fourth-order valence-corrected chi connectivity index (χ4v) is 7.11. The SMILES string of the molecule is O=C(NC(C(=O)N1CC(Cl)C2OCC(=O)C21)C1CCCCC1)c1ccc(-c2ccc(C3CC3)nc2)s1. The van der Waals surface area contributed by atoms with Crippen LogP contribution in [0.25, 0.3) is 10.4 Å². The number of rotatable bonds is 6. The van der Waals surface area contributed by atoms with Crippen molar-refractivity contribution in [1.82, 2.24) is 15.2 Å². The highest BCUT2D eigenvalue weighted by Gasteiger charge is 2.53. The Hall–Kier alpha value is -2.29. The summed E-state index contributed by atoms with van der Waals surface area (Å²) in [6.45, 7) is 0.241. The zero-order valence-corrected chi connectivity index (χ0v) is 21.6. The van der Waals surface area contributed by atoms with Gasteiger partial charge in [0.25, 0.3) is 5.91 Å². The summed E-state index contributed by atoms with van der Waals surface area (Å²) in [4.78, 5) is 47.3. The first-order valence-corrected chi connectivity index (χ1v) is 14.2. The number of ether oxygens (including phenoxy) is 1. The Kier molecular flexibility index (Phi) is 6.60. The van der Waals surface area contributed by atoms with Gasteiger partial charge in [0.2, 0.25) is 5.91 Å². The second-order valence-corrected chi connectivity index (χ2v) is 12.1. The molecule has 2 aromatic rings. The van der Waals surface area contributed by atoms with Crippen molar-refractivity contribution in [2.24, 2.45) is 5.92 Å². The summed E-state index contributed by atoms with van der Waals surface area (Å²) in [6, 6.07) is 6.55. The highest BCUT2D eigenvalue weighted by molar-refractivity contribution is 7.17. The number of fused-ring (bicyclic) bond motifs is 1. The summed E-state index contributed by atoms with van der Waals surface area (Å²) in [5.74, 6) is 0.0475.